The van der Waals surface area contributed by atoms with Crippen molar-refractivity contribution in [2.45, 2.75) is 0 Å². The molecule has 0 aromatic heterocycles. The summed E-state index contributed by atoms with van der Waals surface area (Å²) in [5.74, 6) is 0. The van der Waals surface area contributed by atoms with Crippen LogP contribution in [0.5, 0.6) is 0 Å². The second-order valence-electron chi connectivity index (χ2n) is 0.513. The Kier molecular flexibility index (Phi) is 26.5. The van der Waals surface area contributed by atoms with Crippen LogP contribution in [0.1, 0.15) is 0 Å². The quantitative estimate of drug-likeness (QED) is 0.213. The van der Waals surface area contributed by atoms with Crippen LogP contribution in [0.25, 0.3) is 0 Å². The first-order valence-electron chi connectivity index (χ1n) is 0.783. The summed E-state index contributed by atoms with van der Waals surface area (Å²) >= 11 is 0. The molecule has 54 valence electrons. The molecular formula is H8BiFeO4PPb. The first-order chi connectivity index (χ1) is 2.00. The van der Waals surface area contributed by atoms with Crippen LogP contribution < -0.4 is 0 Å². The van der Waals surface area contributed by atoms with Gasteiger partial charge in [-0.05, 0) is 0 Å². The Hall–Kier alpha value is 2.43. The van der Waals surface area contributed by atoms with Gasteiger partial charge in [0.1, 0.15) is 0 Å². The molecule has 0 bridgehead atoms. The van der Waals surface area contributed by atoms with Crippen molar-refractivity contribution in [1.29, 1.82) is 0 Å². The molecule has 0 saturated heterocycles. The summed E-state index contributed by atoms with van der Waals surface area (Å²) in [5, 5.41) is 0. The van der Waals surface area contributed by atoms with E-state index < -0.39 is 7.82 Å². The maximum atomic E-state index is 8.88. The van der Waals surface area contributed by atoms with E-state index in [2.05, 4.69) is 0 Å². The van der Waals surface area contributed by atoms with Crippen LogP contribution in [0.4, 0.5) is 0 Å². The Morgan fingerprint density at radius 1 is 1.12 bits per heavy atom. The molecular weight excluding hydrogens is 567 g/mol. The van der Waals surface area contributed by atoms with Gasteiger partial charge >= 0.3 is 61.3 Å². The van der Waals surface area contributed by atoms with E-state index in [1.165, 1.54) is 0 Å². The van der Waals surface area contributed by atoms with Crippen molar-refractivity contribution in [3.8, 4) is 0 Å². The minimum absolute atomic E-state index is 0. The molecule has 0 fully saturated rings. The minimum atomic E-state index is -4.64. The van der Waals surface area contributed by atoms with E-state index >= 15 is 0 Å². The van der Waals surface area contributed by atoms with Crippen LogP contribution >= 0.6 is 7.82 Å². The van der Waals surface area contributed by atoms with Crippen molar-refractivity contribution in [1.82, 2.24) is 0 Å². The zero-order chi connectivity index (χ0) is 4.50. The second-order valence-corrected chi connectivity index (χ2v) is 1.54. The molecule has 0 amide bonds. The van der Waals surface area contributed by atoms with Gasteiger partial charge in [0, 0.05) is 17.1 Å². The molecule has 0 spiro atoms. The van der Waals surface area contributed by atoms with Crippen LogP contribution in [0.3, 0.4) is 0 Å². The van der Waals surface area contributed by atoms with Crippen LogP contribution in [0.15, 0.2) is 0 Å². The third kappa shape index (κ3) is 78.7. The summed E-state index contributed by atoms with van der Waals surface area (Å²) in [5.41, 5.74) is 0. The summed E-state index contributed by atoms with van der Waals surface area (Å²) in [6.45, 7) is 0. The van der Waals surface area contributed by atoms with Crippen molar-refractivity contribution >= 4 is 61.3 Å². The average molecular weight is 575 g/mol. The van der Waals surface area contributed by atoms with Gasteiger partial charge in [-0.3, -0.25) is 0 Å². The van der Waals surface area contributed by atoms with Crippen molar-refractivity contribution in [3.05, 3.63) is 0 Å². The fourth-order valence-electron chi connectivity index (χ4n) is 0. The average Bonchev–Trinajstić information content (AvgIpc) is 0.722. The van der Waals surface area contributed by atoms with Crippen molar-refractivity contribution < 1.29 is 36.3 Å². The van der Waals surface area contributed by atoms with Gasteiger partial charge in [-0.2, -0.15) is 0 Å². The van der Waals surface area contributed by atoms with E-state index in [4.69, 9.17) is 19.2 Å². The van der Waals surface area contributed by atoms with Gasteiger partial charge in [-0.15, -0.1) is 0 Å². The third-order valence-corrected chi connectivity index (χ3v) is 0. The molecule has 0 aliphatic carbocycles. The molecule has 8 heteroatoms. The van der Waals surface area contributed by atoms with Gasteiger partial charge in [0.2, 0.25) is 0 Å². The van der Waals surface area contributed by atoms with Crippen molar-refractivity contribution in [2.75, 3.05) is 0 Å². The Labute approximate surface area is 96.4 Å². The van der Waals surface area contributed by atoms with E-state index in [0.29, 0.717) is 0 Å². The van der Waals surface area contributed by atoms with E-state index in [9.17, 15) is 0 Å². The molecule has 0 aromatic carbocycles. The zero-order valence-electron chi connectivity index (χ0n) is 3.96. The van der Waals surface area contributed by atoms with Crippen LogP contribution in [-0.4, -0.2) is 68.2 Å². The van der Waals surface area contributed by atoms with Gasteiger partial charge in [-0.25, -0.2) is 4.57 Å². The summed E-state index contributed by atoms with van der Waals surface area (Å²) < 4.78 is 8.88. The second kappa shape index (κ2) is 9.43. The summed E-state index contributed by atoms with van der Waals surface area (Å²) in [7, 11) is -4.64. The zero-order valence-corrected chi connectivity index (χ0v) is 17.0. The predicted octanol–water partition coefficient (Wildman–Crippen LogP) is -3.03. The SMILES string of the molecule is O=P(O)(O)O.[BiH3].[Fe].[PbH2]. The summed E-state index contributed by atoms with van der Waals surface area (Å²) in [6.07, 6.45) is 0. The molecule has 0 heterocycles. The third-order valence-electron chi connectivity index (χ3n) is 0. The fraction of sp³-hybridized carbons (Fsp3) is 0. The van der Waals surface area contributed by atoms with E-state index in [1.54, 1.807) is 0 Å². The molecule has 2 radical (unpaired) electrons. The Bertz CT molecular complexity index is 62.2. The molecule has 8 heavy (non-hydrogen) atoms. The molecule has 0 aromatic rings. The molecule has 0 atom stereocenters. The molecule has 0 aliphatic rings. The summed E-state index contributed by atoms with van der Waals surface area (Å²) in [6, 6.07) is 0. The predicted molar refractivity (Wildman–Crippen MR) is 32.7 cm³/mol. The number of phosphoric acid groups is 1. The molecule has 0 aliphatic heterocycles. The van der Waals surface area contributed by atoms with Crippen LogP contribution in [0.2, 0.25) is 0 Å². The first-order valence-corrected chi connectivity index (χ1v) is 2.35. The number of rotatable bonds is 0. The van der Waals surface area contributed by atoms with E-state index in [0.717, 1.165) is 0 Å². The molecule has 3 N–H and O–H groups in total. The fourth-order valence-corrected chi connectivity index (χ4v) is 0. The maximum absolute atomic E-state index is 8.88. The first kappa shape index (κ1) is 22.4. The van der Waals surface area contributed by atoms with Gasteiger partial charge in [0.05, 0.1) is 0 Å². The van der Waals surface area contributed by atoms with Gasteiger partial charge in [0.25, 0.3) is 0 Å². The normalized spacial score (nSPS) is 7.38. The Morgan fingerprint density at radius 2 is 1.12 bits per heavy atom. The van der Waals surface area contributed by atoms with E-state index in [1.807, 2.05) is 0 Å². The van der Waals surface area contributed by atoms with Crippen molar-refractivity contribution in [2.24, 2.45) is 0 Å². The standard InChI is InChI=1S/Bi.Fe.H3O4P.Pb.5H/c;;1-5(2,3)4;;;;;;/h;;(H3,1,2,3,4);;;;;;. The number of hydrogen-bond donors (Lipinski definition) is 3. The number of hydrogen-bond acceptors (Lipinski definition) is 1. The van der Waals surface area contributed by atoms with Gasteiger partial charge in [-0.1, -0.05) is 0 Å². The van der Waals surface area contributed by atoms with Crippen molar-refractivity contribution in [3.63, 3.8) is 0 Å². The topological polar surface area (TPSA) is 77.8 Å². The Balaban J connectivity index is -0.0000000267. The van der Waals surface area contributed by atoms with Gasteiger partial charge < -0.3 is 14.7 Å². The molecule has 0 rings (SSSR count). The van der Waals surface area contributed by atoms with E-state index in [-0.39, 0.29) is 70.6 Å². The monoisotopic (exact) mass is 576 g/mol. The Morgan fingerprint density at radius 3 is 1.12 bits per heavy atom. The summed E-state index contributed by atoms with van der Waals surface area (Å²) in [4.78, 5) is 21.6. The van der Waals surface area contributed by atoms with Crippen LogP contribution in [-0.2, 0) is 21.6 Å². The van der Waals surface area contributed by atoms with Gasteiger partial charge in [0.15, 0.2) is 0 Å². The molecule has 0 saturated carbocycles. The molecule has 4 nitrogen and oxygen atoms in total. The molecule has 0 unspecified atom stereocenters. The van der Waals surface area contributed by atoms with Crippen LogP contribution in [0, 0.1) is 0 Å².